The summed E-state index contributed by atoms with van der Waals surface area (Å²) in [7, 11) is 0. The minimum absolute atomic E-state index is 0.336. The molecule has 0 aliphatic heterocycles. The lowest BCUT2D eigenvalue weighted by Crippen LogP contribution is -2.11. The summed E-state index contributed by atoms with van der Waals surface area (Å²) in [5.74, 6) is 1.55. The highest BCUT2D eigenvalue weighted by atomic mass is 35.5. The molecule has 2 rings (SSSR count). The van der Waals surface area contributed by atoms with Crippen LogP contribution in [-0.2, 0) is 0 Å². The fraction of sp³-hybridized carbons (Fsp3) is 0.231. The molecule has 2 aromatic rings. The van der Waals surface area contributed by atoms with E-state index in [0.29, 0.717) is 11.1 Å². The normalized spacial score (nSPS) is 10.4. The van der Waals surface area contributed by atoms with Gasteiger partial charge in [0.2, 0.25) is 0 Å². The number of rotatable bonds is 4. The Kier molecular flexibility index (Phi) is 3.99. The van der Waals surface area contributed by atoms with Crippen LogP contribution in [0.15, 0.2) is 36.7 Å². The van der Waals surface area contributed by atoms with Crippen molar-refractivity contribution in [1.29, 1.82) is 0 Å². The molecule has 0 aliphatic rings. The first kappa shape index (κ1) is 12.6. The molecule has 0 unspecified atom stereocenters. The van der Waals surface area contributed by atoms with Crippen LogP contribution in [-0.4, -0.2) is 16.0 Å². The smallest absolute Gasteiger partial charge is 0.135 e. The van der Waals surface area contributed by atoms with Gasteiger partial charge < -0.3 is 10.6 Å². The predicted octanol–water partition coefficient (Wildman–Crippen LogP) is 3.69. The maximum atomic E-state index is 5.83. The standard InChI is InChI=1S/C13H15ClN4/c1-9(2)17-12-7-13(16-8-15-12)18-11-5-3-10(14)4-6-11/h3-9H,1-2H3,(H2,15,16,17,18). The van der Waals surface area contributed by atoms with E-state index in [1.807, 2.05) is 30.3 Å². The largest absolute Gasteiger partial charge is 0.368 e. The van der Waals surface area contributed by atoms with Crippen LogP contribution >= 0.6 is 11.6 Å². The van der Waals surface area contributed by atoms with Crippen molar-refractivity contribution in [2.75, 3.05) is 10.6 Å². The van der Waals surface area contributed by atoms with Gasteiger partial charge in [0, 0.05) is 22.8 Å². The second-order valence-electron chi connectivity index (χ2n) is 4.22. The van der Waals surface area contributed by atoms with E-state index in [1.54, 1.807) is 0 Å². The van der Waals surface area contributed by atoms with Gasteiger partial charge in [-0.2, -0.15) is 0 Å². The molecule has 0 amide bonds. The molecule has 94 valence electrons. The number of anilines is 3. The summed E-state index contributed by atoms with van der Waals surface area (Å²) >= 11 is 5.83. The third kappa shape index (κ3) is 3.60. The molecule has 0 radical (unpaired) electrons. The second kappa shape index (κ2) is 5.69. The fourth-order valence-electron chi connectivity index (χ4n) is 1.48. The zero-order chi connectivity index (χ0) is 13.0. The highest BCUT2D eigenvalue weighted by Gasteiger charge is 2.00. The van der Waals surface area contributed by atoms with Crippen molar-refractivity contribution in [1.82, 2.24) is 9.97 Å². The van der Waals surface area contributed by atoms with Gasteiger partial charge >= 0.3 is 0 Å². The van der Waals surface area contributed by atoms with E-state index >= 15 is 0 Å². The van der Waals surface area contributed by atoms with Crippen LogP contribution in [0.1, 0.15) is 13.8 Å². The zero-order valence-corrected chi connectivity index (χ0v) is 11.1. The van der Waals surface area contributed by atoms with Gasteiger partial charge in [0.25, 0.3) is 0 Å². The Morgan fingerprint density at radius 3 is 2.39 bits per heavy atom. The number of halogens is 1. The SMILES string of the molecule is CC(C)Nc1cc(Nc2ccc(Cl)cc2)ncn1. The van der Waals surface area contributed by atoms with Crippen molar-refractivity contribution in [3.63, 3.8) is 0 Å². The Balaban J connectivity index is 2.11. The van der Waals surface area contributed by atoms with Crippen molar-refractivity contribution >= 4 is 28.9 Å². The summed E-state index contributed by atoms with van der Waals surface area (Å²) in [5, 5.41) is 7.14. The molecule has 1 aromatic carbocycles. The van der Waals surface area contributed by atoms with Crippen molar-refractivity contribution in [2.24, 2.45) is 0 Å². The van der Waals surface area contributed by atoms with Gasteiger partial charge in [-0.25, -0.2) is 9.97 Å². The summed E-state index contributed by atoms with van der Waals surface area (Å²) in [4.78, 5) is 8.32. The zero-order valence-electron chi connectivity index (χ0n) is 10.3. The molecule has 2 N–H and O–H groups in total. The summed E-state index contributed by atoms with van der Waals surface area (Å²) < 4.78 is 0. The monoisotopic (exact) mass is 262 g/mol. The third-order valence-corrected chi connectivity index (χ3v) is 2.47. The highest BCUT2D eigenvalue weighted by molar-refractivity contribution is 6.30. The molecule has 4 nitrogen and oxygen atoms in total. The van der Waals surface area contributed by atoms with Crippen LogP contribution in [0.3, 0.4) is 0 Å². The van der Waals surface area contributed by atoms with Gasteiger partial charge in [-0.3, -0.25) is 0 Å². The number of aromatic nitrogens is 2. The molecule has 0 saturated heterocycles. The number of hydrogen-bond acceptors (Lipinski definition) is 4. The lowest BCUT2D eigenvalue weighted by atomic mass is 10.3. The van der Waals surface area contributed by atoms with E-state index in [1.165, 1.54) is 6.33 Å². The minimum Gasteiger partial charge on any atom is -0.368 e. The molecule has 1 aromatic heterocycles. The van der Waals surface area contributed by atoms with Crippen molar-refractivity contribution < 1.29 is 0 Å². The fourth-order valence-corrected chi connectivity index (χ4v) is 1.61. The quantitative estimate of drug-likeness (QED) is 0.882. The van der Waals surface area contributed by atoms with Crippen molar-refractivity contribution in [3.05, 3.63) is 41.7 Å². The molecule has 0 spiro atoms. The predicted molar refractivity (Wildman–Crippen MR) is 75.5 cm³/mol. The summed E-state index contributed by atoms with van der Waals surface area (Å²) in [5.41, 5.74) is 0.939. The Morgan fingerprint density at radius 1 is 1.06 bits per heavy atom. The Hall–Kier alpha value is -1.81. The number of nitrogens with one attached hydrogen (secondary N) is 2. The van der Waals surface area contributed by atoms with Crippen LogP contribution < -0.4 is 10.6 Å². The lowest BCUT2D eigenvalue weighted by Gasteiger charge is -2.10. The van der Waals surface area contributed by atoms with Crippen molar-refractivity contribution in [3.8, 4) is 0 Å². The Bertz CT molecular complexity index is 511. The topological polar surface area (TPSA) is 49.8 Å². The van der Waals surface area contributed by atoms with E-state index in [0.717, 1.165) is 17.3 Å². The molecule has 1 heterocycles. The maximum Gasteiger partial charge on any atom is 0.135 e. The molecule has 0 bridgehead atoms. The maximum absolute atomic E-state index is 5.83. The number of hydrogen-bond donors (Lipinski definition) is 2. The molecule has 18 heavy (non-hydrogen) atoms. The van der Waals surface area contributed by atoms with Gasteiger partial charge in [0.1, 0.15) is 18.0 Å². The molecule has 0 saturated carbocycles. The van der Waals surface area contributed by atoms with Gasteiger partial charge in [-0.05, 0) is 38.1 Å². The summed E-state index contributed by atoms with van der Waals surface area (Å²) in [6.45, 7) is 4.13. The average Bonchev–Trinajstić information content (AvgIpc) is 2.32. The van der Waals surface area contributed by atoms with E-state index in [9.17, 15) is 0 Å². The van der Waals surface area contributed by atoms with Gasteiger partial charge in [0.15, 0.2) is 0 Å². The molecular weight excluding hydrogens is 248 g/mol. The van der Waals surface area contributed by atoms with Gasteiger partial charge in [-0.1, -0.05) is 11.6 Å². The van der Waals surface area contributed by atoms with Crippen LogP contribution in [0.2, 0.25) is 5.02 Å². The number of benzene rings is 1. The van der Waals surface area contributed by atoms with E-state index < -0.39 is 0 Å². The van der Waals surface area contributed by atoms with Crippen LogP contribution in [0.5, 0.6) is 0 Å². The molecule has 5 heteroatoms. The third-order valence-electron chi connectivity index (χ3n) is 2.22. The van der Waals surface area contributed by atoms with Gasteiger partial charge in [-0.15, -0.1) is 0 Å². The molecule has 0 fully saturated rings. The van der Waals surface area contributed by atoms with E-state index in [2.05, 4.69) is 34.4 Å². The first-order chi connectivity index (χ1) is 8.63. The van der Waals surface area contributed by atoms with E-state index in [4.69, 9.17) is 11.6 Å². The van der Waals surface area contributed by atoms with Gasteiger partial charge in [0.05, 0.1) is 0 Å². The Labute approximate surface area is 111 Å². The highest BCUT2D eigenvalue weighted by Crippen LogP contribution is 2.18. The van der Waals surface area contributed by atoms with Crippen LogP contribution in [0, 0.1) is 0 Å². The minimum atomic E-state index is 0.336. The Morgan fingerprint density at radius 2 is 1.72 bits per heavy atom. The van der Waals surface area contributed by atoms with Crippen LogP contribution in [0.25, 0.3) is 0 Å². The average molecular weight is 263 g/mol. The lowest BCUT2D eigenvalue weighted by molar-refractivity contribution is 0.886. The molecule has 0 atom stereocenters. The first-order valence-corrected chi connectivity index (χ1v) is 6.12. The molecular formula is C13H15ClN4. The van der Waals surface area contributed by atoms with Crippen LogP contribution in [0.4, 0.5) is 17.3 Å². The second-order valence-corrected chi connectivity index (χ2v) is 4.66. The summed E-state index contributed by atoms with van der Waals surface area (Å²) in [6.07, 6.45) is 1.53. The molecule has 0 aliphatic carbocycles. The first-order valence-electron chi connectivity index (χ1n) is 5.74. The van der Waals surface area contributed by atoms with E-state index in [-0.39, 0.29) is 0 Å². The summed E-state index contributed by atoms with van der Waals surface area (Å²) in [6, 6.07) is 9.67. The number of nitrogens with zero attached hydrogens (tertiary/aromatic N) is 2. The van der Waals surface area contributed by atoms with Crippen molar-refractivity contribution in [2.45, 2.75) is 19.9 Å².